The summed E-state index contributed by atoms with van der Waals surface area (Å²) in [6.07, 6.45) is 0.766. The van der Waals surface area contributed by atoms with Gasteiger partial charge in [-0.3, -0.25) is 14.4 Å². The number of quaternary nitrogens is 1. The van der Waals surface area contributed by atoms with Crippen LogP contribution >= 0.6 is 11.3 Å². The fourth-order valence-electron chi connectivity index (χ4n) is 3.67. The van der Waals surface area contributed by atoms with Crippen molar-refractivity contribution in [2.75, 3.05) is 18.9 Å². The van der Waals surface area contributed by atoms with Crippen molar-refractivity contribution in [1.82, 2.24) is 0 Å². The summed E-state index contributed by atoms with van der Waals surface area (Å²) in [5, 5.41) is 3.34. The molecule has 1 atom stereocenters. The van der Waals surface area contributed by atoms with Gasteiger partial charge in [0.25, 0.3) is 11.8 Å². The number of nitrogens with one attached hydrogen (secondary N) is 2. The first-order chi connectivity index (χ1) is 14.4. The number of thiophene rings is 1. The third kappa shape index (κ3) is 3.90. The number of benzene rings is 2. The average Bonchev–Trinajstić information content (AvgIpc) is 3.11. The first-order valence-corrected chi connectivity index (χ1v) is 10.5. The Morgan fingerprint density at radius 3 is 2.27 bits per heavy atom. The van der Waals surface area contributed by atoms with Crippen LogP contribution in [0.5, 0.6) is 0 Å². The van der Waals surface area contributed by atoms with Crippen molar-refractivity contribution < 1.29 is 19.3 Å². The quantitative estimate of drug-likeness (QED) is 0.551. The second kappa shape index (κ2) is 8.22. The Morgan fingerprint density at radius 1 is 0.967 bits per heavy atom. The smallest absolute Gasteiger partial charge is 0.256 e. The number of ketones is 1. The second-order valence-electron chi connectivity index (χ2n) is 7.43. The van der Waals surface area contributed by atoms with Gasteiger partial charge in [-0.25, -0.2) is 0 Å². The molecule has 1 aliphatic heterocycles. The maximum absolute atomic E-state index is 12.8. The lowest BCUT2D eigenvalue weighted by atomic mass is 10.0. The van der Waals surface area contributed by atoms with Crippen LogP contribution in [0.4, 0.5) is 5.00 Å². The molecule has 30 heavy (non-hydrogen) atoms. The predicted molar refractivity (Wildman–Crippen MR) is 116 cm³/mol. The van der Waals surface area contributed by atoms with Crippen molar-refractivity contribution in [3.05, 3.63) is 87.3 Å². The van der Waals surface area contributed by atoms with E-state index in [0.717, 1.165) is 30.0 Å². The predicted octanol–water partition coefficient (Wildman–Crippen LogP) is 1.90. The minimum Gasteiger partial charge on any atom is -0.365 e. The molecular weight excluding hydrogens is 398 g/mol. The SMILES string of the molecule is C[NH+]1CCc2c(sc(NC(=O)c3ccc(C(=O)c4ccccc4)cc3)c2C(N)=O)C1. The summed E-state index contributed by atoms with van der Waals surface area (Å²) in [6.45, 7) is 1.74. The molecule has 1 aromatic heterocycles. The molecule has 0 fully saturated rings. The third-order valence-electron chi connectivity index (χ3n) is 5.27. The molecule has 7 heteroatoms. The van der Waals surface area contributed by atoms with Crippen LogP contribution in [-0.4, -0.2) is 31.2 Å². The number of carbonyl (C=O) groups is 3. The van der Waals surface area contributed by atoms with Gasteiger partial charge in [-0.1, -0.05) is 42.5 Å². The van der Waals surface area contributed by atoms with Crippen molar-refractivity contribution in [3.63, 3.8) is 0 Å². The standard InChI is InChI=1S/C23H21N3O3S/c1-26-12-11-17-18(13-26)30-23(19(17)21(24)28)25-22(29)16-9-7-15(8-10-16)20(27)14-5-3-2-4-6-14/h2-10H,11-13H2,1H3,(H2,24,28)(H,25,29)/p+1. The van der Waals surface area contributed by atoms with Crippen molar-refractivity contribution >= 4 is 33.9 Å². The number of anilines is 1. The Balaban J connectivity index is 1.55. The van der Waals surface area contributed by atoms with Crippen LogP contribution in [0.25, 0.3) is 0 Å². The molecule has 4 N–H and O–H groups in total. The first kappa shape index (κ1) is 20.0. The minimum absolute atomic E-state index is 0.101. The average molecular weight is 421 g/mol. The lowest BCUT2D eigenvalue weighted by Gasteiger charge is -2.19. The van der Waals surface area contributed by atoms with Gasteiger partial charge in [0.15, 0.2) is 5.78 Å². The van der Waals surface area contributed by atoms with Gasteiger partial charge in [0.1, 0.15) is 11.5 Å². The van der Waals surface area contributed by atoms with Crippen LogP contribution in [0, 0.1) is 0 Å². The highest BCUT2D eigenvalue weighted by Gasteiger charge is 2.28. The van der Waals surface area contributed by atoms with Crippen molar-refractivity contribution in [3.8, 4) is 0 Å². The Hall–Kier alpha value is -3.29. The molecule has 0 saturated carbocycles. The maximum atomic E-state index is 12.8. The molecule has 2 amide bonds. The summed E-state index contributed by atoms with van der Waals surface area (Å²) < 4.78 is 0. The largest absolute Gasteiger partial charge is 0.365 e. The van der Waals surface area contributed by atoms with Crippen LogP contribution in [0.15, 0.2) is 54.6 Å². The fourth-order valence-corrected chi connectivity index (χ4v) is 5.04. The number of likely N-dealkylation sites (N-methyl/N-ethyl adjacent to an activating group) is 1. The zero-order chi connectivity index (χ0) is 21.3. The molecule has 2 heterocycles. The first-order valence-electron chi connectivity index (χ1n) is 9.71. The topological polar surface area (TPSA) is 93.7 Å². The van der Waals surface area contributed by atoms with E-state index in [1.54, 1.807) is 36.4 Å². The highest BCUT2D eigenvalue weighted by atomic mass is 32.1. The summed E-state index contributed by atoms with van der Waals surface area (Å²) in [7, 11) is 2.10. The minimum atomic E-state index is -0.522. The molecule has 2 aromatic carbocycles. The van der Waals surface area contributed by atoms with E-state index in [1.165, 1.54) is 16.2 Å². The number of hydrogen-bond donors (Lipinski definition) is 3. The molecule has 3 aromatic rings. The van der Waals surface area contributed by atoms with Gasteiger partial charge in [-0.15, -0.1) is 11.3 Å². The Bertz CT molecular complexity index is 1120. The van der Waals surface area contributed by atoms with E-state index in [2.05, 4.69) is 12.4 Å². The number of rotatable bonds is 5. The van der Waals surface area contributed by atoms with Crippen molar-refractivity contribution in [1.29, 1.82) is 0 Å². The van der Waals surface area contributed by atoms with Crippen LogP contribution in [0.2, 0.25) is 0 Å². The number of nitrogens with two attached hydrogens (primary N) is 1. The monoisotopic (exact) mass is 420 g/mol. The summed E-state index contributed by atoms with van der Waals surface area (Å²) in [6, 6.07) is 15.5. The van der Waals surface area contributed by atoms with E-state index in [4.69, 9.17) is 5.73 Å². The molecule has 152 valence electrons. The molecule has 0 spiro atoms. The van der Waals surface area contributed by atoms with Crippen LogP contribution in [0.3, 0.4) is 0 Å². The van der Waals surface area contributed by atoms with Gasteiger partial charge in [0, 0.05) is 23.1 Å². The summed E-state index contributed by atoms with van der Waals surface area (Å²) in [5.41, 5.74) is 8.50. The van der Waals surface area contributed by atoms with E-state index in [1.807, 2.05) is 18.2 Å². The molecule has 4 rings (SSSR count). The molecule has 0 aliphatic carbocycles. The van der Waals surface area contributed by atoms with E-state index >= 15 is 0 Å². The Morgan fingerprint density at radius 2 is 1.60 bits per heavy atom. The second-order valence-corrected chi connectivity index (χ2v) is 8.54. The number of carbonyl (C=O) groups excluding carboxylic acids is 3. The lowest BCUT2D eigenvalue weighted by molar-refractivity contribution is -0.895. The van der Waals surface area contributed by atoms with E-state index < -0.39 is 5.91 Å². The van der Waals surface area contributed by atoms with Gasteiger partial charge in [0.05, 0.1) is 24.0 Å². The number of hydrogen-bond acceptors (Lipinski definition) is 4. The normalized spacial score (nSPS) is 15.3. The van der Waals surface area contributed by atoms with Gasteiger partial charge in [0.2, 0.25) is 0 Å². The molecular formula is C23H22N3O3S+. The van der Waals surface area contributed by atoms with Gasteiger partial charge < -0.3 is 16.0 Å². The van der Waals surface area contributed by atoms with Gasteiger partial charge in [-0.05, 0) is 17.7 Å². The van der Waals surface area contributed by atoms with Crippen LogP contribution < -0.4 is 16.0 Å². The Kier molecular flexibility index (Phi) is 5.48. The third-order valence-corrected chi connectivity index (χ3v) is 6.42. The molecule has 0 saturated heterocycles. The molecule has 1 unspecified atom stereocenters. The van der Waals surface area contributed by atoms with Crippen LogP contribution in [-0.2, 0) is 13.0 Å². The van der Waals surface area contributed by atoms with Gasteiger partial charge in [-0.2, -0.15) is 0 Å². The highest BCUT2D eigenvalue weighted by molar-refractivity contribution is 7.17. The lowest BCUT2D eigenvalue weighted by Crippen LogP contribution is -3.08. The summed E-state index contributed by atoms with van der Waals surface area (Å²) in [5.74, 6) is -0.960. The van der Waals surface area contributed by atoms with Crippen molar-refractivity contribution in [2.24, 2.45) is 5.73 Å². The van der Waals surface area contributed by atoms with E-state index in [0.29, 0.717) is 27.3 Å². The molecule has 1 aliphatic rings. The zero-order valence-electron chi connectivity index (χ0n) is 16.5. The molecule has 0 radical (unpaired) electrons. The fraction of sp³-hybridized carbons (Fsp3) is 0.174. The Labute approximate surface area is 178 Å². The maximum Gasteiger partial charge on any atom is 0.256 e. The summed E-state index contributed by atoms with van der Waals surface area (Å²) in [4.78, 5) is 39.8. The molecule has 0 bridgehead atoms. The number of fused-ring (bicyclic) bond motifs is 1. The van der Waals surface area contributed by atoms with Crippen molar-refractivity contribution in [2.45, 2.75) is 13.0 Å². The number of primary amides is 1. The molecule has 6 nitrogen and oxygen atoms in total. The van der Waals surface area contributed by atoms with Gasteiger partial charge >= 0.3 is 0 Å². The van der Waals surface area contributed by atoms with E-state index in [-0.39, 0.29) is 11.7 Å². The number of amides is 2. The highest BCUT2D eigenvalue weighted by Crippen LogP contribution is 2.34. The van der Waals surface area contributed by atoms with E-state index in [9.17, 15) is 14.4 Å². The zero-order valence-corrected chi connectivity index (χ0v) is 17.3. The summed E-state index contributed by atoms with van der Waals surface area (Å²) >= 11 is 1.41. The van der Waals surface area contributed by atoms with Crippen LogP contribution in [0.1, 0.15) is 47.1 Å².